The van der Waals surface area contributed by atoms with E-state index in [0.717, 1.165) is 11.1 Å². The summed E-state index contributed by atoms with van der Waals surface area (Å²) < 4.78 is 0. The molecule has 4 rings (SSSR count). The molecule has 0 aliphatic carbocycles. The number of benzene rings is 2. The van der Waals surface area contributed by atoms with Crippen LogP contribution < -0.4 is 5.73 Å². The highest BCUT2D eigenvalue weighted by molar-refractivity contribution is 7.13. The molecule has 28 heavy (non-hydrogen) atoms. The molecule has 1 aliphatic rings. The van der Waals surface area contributed by atoms with Gasteiger partial charge in [-0.05, 0) is 47.5 Å². The van der Waals surface area contributed by atoms with Gasteiger partial charge in [0.25, 0.3) is 5.91 Å². The third-order valence-electron chi connectivity index (χ3n) is 5.46. The molecule has 1 saturated heterocycles. The number of carbonyl (C=O) groups excluding carboxylic acids is 2. The maximum atomic E-state index is 12.8. The molecule has 2 heterocycles. The lowest BCUT2D eigenvalue weighted by Gasteiger charge is -2.26. The largest absolute Gasteiger partial charge is 0.369 e. The van der Waals surface area contributed by atoms with E-state index in [1.807, 2.05) is 36.4 Å². The van der Waals surface area contributed by atoms with Gasteiger partial charge in [-0.25, -0.2) is 0 Å². The maximum absolute atomic E-state index is 12.8. The molecular weight excluding hydrogens is 368 g/mol. The van der Waals surface area contributed by atoms with Gasteiger partial charge in [-0.1, -0.05) is 48.5 Å². The first-order valence-electron chi connectivity index (χ1n) is 9.34. The molecule has 3 aromatic rings. The number of carbonyl (C=O) groups is 2. The molecule has 1 unspecified atom stereocenters. The van der Waals surface area contributed by atoms with Crippen molar-refractivity contribution in [1.29, 1.82) is 0 Å². The van der Waals surface area contributed by atoms with Crippen LogP contribution in [0.15, 0.2) is 72.1 Å². The van der Waals surface area contributed by atoms with Crippen molar-refractivity contribution in [2.75, 3.05) is 13.1 Å². The smallest absolute Gasteiger partial charge is 0.253 e. The van der Waals surface area contributed by atoms with E-state index in [1.165, 1.54) is 4.88 Å². The minimum Gasteiger partial charge on any atom is -0.369 e. The Hall–Kier alpha value is -2.92. The summed E-state index contributed by atoms with van der Waals surface area (Å²) in [5.74, 6) is -0.381. The second-order valence-corrected chi connectivity index (χ2v) is 8.29. The third-order valence-corrected chi connectivity index (χ3v) is 6.38. The van der Waals surface area contributed by atoms with E-state index in [-0.39, 0.29) is 11.8 Å². The normalized spacial score (nSPS) is 18.9. The van der Waals surface area contributed by atoms with Crippen molar-refractivity contribution in [2.45, 2.75) is 12.8 Å². The molecule has 4 nitrogen and oxygen atoms in total. The zero-order chi connectivity index (χ0) is 19.6. The first kappa shape index (κ1) is 18.4. The number of amides is 2. The molecule has 142 valence electrons. The number of thiophene rings is 1. The van der Waals surface area contributed by atoms with Crippen LogP contribution in [0.1, 0.15) is 22.3 Å². The van der Waals surface area contributed by atoms with Gasteiger partial charge in [0.15, 0.2) is 0 Å². The summed E-state index contributed by atoms with van der Waals surface area (Å²) in [6.45, 7) is 0.903. The molecule has 0 radical (unpaired) electrons. The van der Waals surface area contributed by atoms with E-state index in [1.54, 1.807) is 28.4 Å². The zero-order valence-electron chi connectivity index (χ0n) is 15.5. The lowest BCUT2D eigenvalue weighted by Crippen LogP contribution is -2.42. The molecule has 1 aromatic heterocycles. The van der Waals surface area contributed by atoms with Crippen LogP contribution in [-0.4, -0.2) is 29.8 Å². The predicted molar refractivity (Wildman–Crippen MR) is 112 cm³/mol. The molecule has 5 heteroatoms. The third kappa shape index (κ3) is 3.58. The van der Waals surface area contributed by atoms with Crippen LogP contribution in [0, 0.1) is 5.41 Å². The maximum Gasteiger partial charge on any atom is 0.253 e. The van der Waals surface area contributed by atoms with Crippen molar-refractivity contribution < 1.29 is 9.59 Å². The van der Waals surface area contributed by atoms with E-state index in [2.05, 4.69) is 23.6 Å². The van der Waals surface area contributed by atoms with Crippen LogP contribution in [0.4, 0.5) is 0 Å². The molecule has 1 aliphatic heterocycles. The van der Waals surface area contributed by atoms with Gasteiger partial charge in [0.2, 0.25) is 5.91 Å². The zero-order valence-corrected chi connectivity index (χ0v) is 16.3. The fraction of sp³-hybridized carbons (Fsp3) is 0.217. The summed E-state index contributed by atoms with van der Waals surface area (Å²) in [6, 6.07) is 21.5. The summed E-state index contributed by atoms with van der Waals surface area (Å²) in [5, 5.41) is 2.05. The fourth-order valence-electron chi connectivity index (χ4n) is 3.91. The van der Waals surface area contributed by atoms with Gasteiger partial charge >= 0.3 is 0 Å². The average Bonchev–Trinajstić information content (AvgIpc) is 3.39. The van der Waals surface area contributed by atoms with E-state index < -0.39 is 5.41 Å². The van der Waals surface area contributed by atoms with Crippen molar-refractivity contribution in [3.8, 4) is 10.4 Å². The highest BCUT2D eigenvalue weighted by Gasteiger charge is 2.44. The van der Waals surface area contributed by atoms with E-state index >= 15 is 0 Å². The first-order chi connectivity index (χ1) is 13.6. The molecule has 0 bridgehead atoms. The Morgan fingerprint density at radius 3 is 2.57 bits per heavy atom. The van der Waals surface area contributed by atoms with Gasteiger partial charge in [-0.3, -0.25) is 9.59 Å². The van der Waals surface area contributed by atoms with Crippen LogP contribution in [0.2, 0.25) is 0 Å². The number of rotatable bonds is 5. The molecule has 2 N–H and O–H groups in total. The Labute approximate surface area is 168 Å². The van der Waals surface area contributed by atoms with Crippen molar-refractivity contribution in [1.82, 2.24) is 4.90 Å². The lowest BCUT2D eigenvalue weighted by molar-refractivity contribution is -0.126. The quantitative estimate of drug-likeness (QED) is 0.716. The number of primary amides is 1. The number of likely N-dealkylation sites (tertiary alicyclic amines) is 1. The standard InChI is InChI=1S/C23H22N2O2S/c24-22(27)23(11-12-25(16-23)21(26)18-7-2-1-3-8-18)15-17-6-4-9-19(14-17)20-10-5-13-28-20/h1-10,13-14H,11-12,15-16H2,(H2,24,27). The van der Waals surface area contributed by atoms with Crippen LogP contribution in [0.5, 0.6) is 0 Å². The van der Waals surface area contributed by atoms with Crippen LogP contribution >= 0.6 is 11.3 Å². The van der Waals surface area contributed by atoms with Crippen LogP contribution in [0.3, 0.4) is 0 Å². The average molecular weight is 391 g/mol. The number of hydrogen-bond acceptors (Lipinski definition) is 3. The van der Waals surface area contributed by atoms with Crippen LogP contribution in [0.25, 0.3) is 10.4 Å². The van der Waals surface area contributed by atoms with Crippen LogP contribution in [-0.2, 0) is 11.2 Å². The fourth-order valence-corrected chi connectivity index (χ4v) is 4.63. The van der Waals surface area contributed by atoms with Gasteiger partial charge < -0.3 is 10.6 Å². The summed E-state index contributed by atoms with van der Waals surface area (Å²) in [4.78, 5) is 28.2. The second kappa shape index (κ2) is 7.60. The Bertz CT molecular complexity index is 985. The van der Waals surface area contributed by atoms with E-state index in [0.29, 0.717) is 31.5 Å². The Balaban J connectivity index is 1.56. The summed E-state index contributed by atoms with van der Waals surface area (Å²) in [7, 11) is 0. The number of nitrogens with two attached hydrogens (primary N) is 1. The molecule has 1 atom stereocenters. The van der Waals surface area contributed by atoms with Gasteiger partial charge in [0, 0.05) is 23.5 Å². The number of nitrogens with zero attached hydrogens (tertiary/aromatic N) is 1. The SMILES string of the molecule is NC(=O)C1(Cc2cccc(-c3cccs3)c2)CCN(C(=O)c2ccccc2)C1. The molecule has 0 saturated carbocycles. The molecule has 1 fully saturated rings. The Morgan fingerprint density at radius 2 is 1.86 bits per heavy atom. The summed E-state index contributed by atoms with van der Waals surface area (Å²) in [6.07, 6.45) is 1.13. The van der Waals surface area contributed by atoms with Crippen molar-refractivity contribution in [3.05, 3.63) is 83.2 Å². The minimum absolute atomic E-state index is 0.0453. The highest BCUT2D eigenvalue weighted by Crippen LogP contribution is 2.36. The molecule has 2 amide bonds. The lowest BCUT2D eigenvalue weighted by atomic mass is 9.80. The monoisotopic (exact) mass is 390 g/mol. The number of hydrogen-bond donors (Lipinski definition) is 1. The van der Waals surface area contributed by atoms with E-state index in [9.17, 15) is 9.59 Å². The van der Waals surface area contributed by atoms with Gasteiger partial charge in [0.05, 0.1) is 5.41 Å². The van der Waals surface area contributed by atoms with Gasteiger partial charge in [0.1, 0.15) is 0 Å². The van der Waals surface area contributed by atoms with Crippen molar-refractivity contribution in [3.63, 3.8) is 0 Å². The molecular formula is C23H22N2O2S. The predicted octanol–water partition coefficient (Wildman–Crippen LogP) is 3.98. The molecule has 0 spiro atoms. The summed E-state index contributed by atoms with van der Waals surface area (Å²) in [5.41, 5.74) is 7.97. The van der Waals surface area contributed by atoms with Crippen molar-refractivity contribution in [2.24, 2.45) is 11.1 Å². The minimum atomic E-state index is -0.724. The summed E-state index contributed by atoms with van der Waals surface area (Å²) >= 11 is 1.69. The second-order valence-electron chi connectivity index (χ2n) is 7.34. The first-order valence-corrected chi connectivity index (χ1v) is 10.2. The molecule has 2 aromatic carbocycles. The van der Waals surface area contributed by atoms with Gasteiger partial charge in [-0.2, -0.15) is 0 Å². The van der Waals surface area contributed by atoms with Gasteiger partial charge in [-0.15, -0.1) is 11.3 Å². The van der Waals surface area contributed by atoms with Crippen molar-refractivity contribution >= 4 is 23.2 Å². The Kier molecular flexibility index (Phi) is 5.01. The topological polar surface area (TPSA) is 63.4 Å². The Morgan fingerprint density at radius 1 is 1.04 bits per heavy atom. The highest BCUT2D eigenvalue weighted by atomic mass is 32.1. The van der Waals surface area contributed by atoms with E-state index in [4.69, 9.17) is 5.73 Å².